The quantitative estimate of drug-likeness (QED) is 0.708. The van der Waals surface area contributed by atoms with Crippen molar-refractivity contribution < 1.29 is 4.79 Å². The minimum atomic E-state index is -0.152. The Labute approximate surface area is 166 Å². The van der Waals surface area contributed by atoms with E-state index in [1.807, 2.05) is 48.1 Å². The summed E-state index contributed by atoms with van der Waals surface area (Å²) in [6, 6.07) is 11.9. The predicted octanol–water partition coefficient (Wildman–Crippen LogP) is 3.74. The molecule has 0 unspecified atom stereocenters. The van der Waals surface area contributed by atoms with E-state index in [9.17, 15) is 4.79 Å². The van der Waals surface area contributed by atoms with Gasteiger partial charge in [0.1, 0.15) is 0 Å². The van der Waals surface area contributed by atoms with Crippen LogP contribution in [0.4, 0.5) is 0 Å². The number of amides is 1. The maximum absolute atomic E-state index is 13.3. The highest BCUT2D eigenvalue weighted by Gasteiger charge is 2.25. The number of rotatable bonds is 6. The molecule has 28 heavy (non-hydrogen) atoms. The molecule has 0 radical (unpaired) electrons. The molecule has 6 nitrogen and oxygen atoms in total. The summed E-state index contributed by atoms with van der Waals surface area (Å²) in [5.74, 6) is -0.0468. The number of hydrogen-bond donors (Lipinski definition) is 1. The van der Waals surface area contributed by atoms with Gasteiger partial charge in [-0.2, -0.15) is 5.10 Å². The average Bonchev–Trinajstić information content (AvgIpc) is 3.11. The Hall–Kier alpha value is -2.73. The Morgan fingerprint density at radius 2 is 1.93 bits per heavy atom. The molecule has 0 bridgehead atoms. The molecular weight excluding hydrogens is 350 g/mol. The monoisotopic (exact) mass is 379 g/mol. The van der Waals surface area contributed by atoms with Gasteiger partial charge in [0.05, 0.1) is 22.8 Å². The third kappa shape index (κ3) is 3.92. The van der Waals surface area contributed by atoms with Gasteiger partial charge in [0.2, 0.25) is 0 Å². The molecule has 2 heterocycles. The lowest BCUT2D eigenvalue weighted by Crippen LogP contribution is -2.39. The lowest BCUT2D eigenvalue weighted by molar-refractivity contribution is 0.0742. The van der Waals surface area contributed by atoms with Crippen LogP contribution in [0.3, 0.4) is 0 Å². The number of benzene rings is 1. The summed E-state index contributed by atoms with van der Waals surface area (Å²) < 4.78 is 1.86. The van der Waals surface area contributed by atoms with Crippen molar-refractivity contribution in [3.05, 3.63) is 48.2 Å². The van der Waals surface area contributed by atoms with Crippen LogP contribution in [0.2, 0.25) is 0 Å². The van der Waals surface area contributed by atoms with Crippen molar-refractivity contribution >= 4 is 16.9 Å². The van der Waals surface area contributed by atoms with Crippen molar-refractivity contribution in [3.8, 4) is 11.3 Å². The van der Waals surface area contributed by atoms with E-state index in [1.165, 1.54) is 0 Å². The van der Waals surface area contributed by atoms with Crippen molar-refractivity contribution in [3.63, 3.8) is 0 Å². The van der Waals surface area contributed by atoms with Gasteiger partial charge in [0.15, 0.2) is 5.65 Å². The van der Waals surface area contributed by atoms with E-state index < -0.39 is 0 Å². The second-order valence-corrected chi connectivity index (χ2v) is 8.37. The van der Waals surface area contributed by atoms with Gasteiger partial charge in [-0.3, -0.25) is 4.79 Å². The highest BCUT2D eigenvalue weighted by Crippen LogP contribution is 2.27. The molecule has 0 fully saturated rings. The van der Waals surface area contributed by atoms with Crippen LogP contribution in [-0.2, 0) is 0 Å². The molecule has 6 heteroatoms. The number of hydrogen-bond acceptors (Lipinski definition) is 4. The van der Waals surface area contributed by atoms with Crippen molar-refractivity contribution in [2.45, 2.75) is 33.7 Å². The van der Waals surface area contributed by atoms with E-state index in [1.54, 1.807) is 11.1 Å². The van der Waals surface area contributed by atoms with Crippen LogP contribution in [0, 0.1) is 5.41 Å². The summed E-state index contributed by atoms with van der Waals surface area (Å²) in [6.07, 6.45) is 1.74. The smallest absolute Gasteiger partial charge is 0.254 e. The Balaban J connectivity index is 2.14. The molecule has 148 valence electrons. The van der Waals surface area contributed by atoms with Crippen LogP contribution < -0.4 is 5.73 Å². The van der Waals surface area contributed by atoms with E-state index in [0.29, 0.717) is 18.7 Å². The van der Waals surface area contributed by atoms with Gasteiger partial charge in [-0.15, -0.1) is 0 Å². The van der Waals surface area contributed by atoms with Gasteiger partial charge < -0.3 is 10.6 Å². The SMILES string of the molecule is CC(C)n1ncc2c(C(=O)N(C)CC(C)(C)CN)cc(-c3ccccc3)nc21. The molecule has 0 spiro atoms. The van der Waals surface area contributed by atoms with Gasteiger partial charge in [-0.05, 0) is 31.9 Å². The van der Waals surface area contributed by atoms with Crippen LogP contribution in [-0.4, -0.2) is 45.7 Å². The Bertz CT molecular complexity index is 975. The van der Waals surface area contributed by atoms with Gasteiger partial charge in [0, 0.05) is 25.2 Å². The number of carbonyl (C=O) groups is 1. The van der Waals surface area contributed by atoms with Crippen LogP contribution in [0.1, 0.15) is 44.1 Å². The lowest BCUT2D eigenvalue weighted by Gasteiger charge is -2.29. The standard InChI is InChI=1S/C22H29N5O/c1-15(2)27-20-18(12-24-27)17(21(28)26(5)14-22(3,4)13-23)11-19(25-20)16-9-7-6-8-10-16/h6-12,15H,13-14,23H2,1-5H3. The van der Waals surface area contributed by atoms with Crippen LogP contribution in [0.15, 0.2) is 42.6 Å². The normalized spacial score (nSPS) is 12.0. The summed E-state index contributed by atoms with van der Waals surface area (Å²) in [6.45, 7) is 9.32. The van der Waals surface area contributed by atoms with Crippen LogP contribution >= 0.6 is 0 Å². The summed E-state index contributed by atoms with van der Waals surface area (Å²) in [7, 11) is 1.82. The van der Waals surface area contributed by atoms with E-state index in [-0.39, 0.29) is 17.4 Å². The third-order valence-corrected chi connectivity index (χ3v) is 4.92. The van der Waals surface area contributed by atoms with Crippen molar-refractivity contribution in [2.75, 3.05) is 20.1 Å². The fourth-order valence-corrected chi connectivity index (χ4v) is 3.31. The molecule has 2 aromatic heterocycles. The number of nitrogens with two attached hydrogens (primary N) is 1. The predicted molar refractivity (Wildman–Crippen MR) is 113 cm³/mol. The number of aromatic nitrogens is 3. The number of carbonyl (C=O) groups excluding carboxylic acids is 1. The number of pyridine rings is 1. The van der Waals surface area contributed by atoms with E-state index in [0.717, 1.165) is 22.3 Å². The van der Waals surface area contributed by atoms with Gasteiger partial charge >= 0.3 is 0 Å². The molecule has 0 aliphatic heterocycles. The summed E-state index contributed by atoms with van der Waals surface area (Å²) in [5.41, 5.74) is 8.79. The topological polar surface area (TPSA) is 77.0 Å². The molecule has 0 atom stereocenters. The number of nitrogens with zero attached hydrogens (tertiary/aromatic N) is 4. The highest BCUT2D eigenvalue weighted by atomic mass is 16.2. The van der Waals surface area contributed by atoms with E-state index in [4.69, 9.17) is 10.7 Å². The maximum atomic E-state index is 13.3. The fourth-order valence-electron chi connectivity index (χ4n) is 3.31. The van der Waals surface area contributed by atoms with Gasteiger partial charge in [-0.1, -0.05) is 44.2 Å². The molecule has 0 saturated carbocycles. The molecule has 2 N–H and O–H groups in total. The Morgan fingerprint density at radius 3 is 2.54 bits per heavy atom. The Kier molecular flexibility index (Phi) is 5.52. The zero-order valence-electron chi connectivity index (χ0n) is 17.3. The lowest BCUT2D eigenvalue weighted by atomic mass is 9.93. The van der Waals surface area contributed by atoms with Crippen LogP contribution in [0.25, 0.3) is 22.3 Å². The summed E-state index contributed by atoms with van der Waals surface area (Å²) in [5, 5.41) is 5.26. The molecule has 3 rings (SSSR count). The second kappa shape index (κ2) is 7.72. The van der Waals surface area contributed by atoms with E-state index in [2.05, 4.69) is 32.8 Å². The van der Waals surface area contributed by atoms with E-state index >= 15 is 0 Å². The summed E-state index contributed by atoms with van der Waals surface area (Å²) in [4.78, 5) is 19.9. The molecule has 1 amide bonds. The first-order valence-corrected chi connectivity index (χ1v) is 9.63. The average molecular weight is 380 g/mol. The largest absolute Gasteiger partial charge is 0.341 e. The first-order chi connectivity index (χ1) is 13.2. The highest BCUT2D eigenvalue weighted by molar-refractivity contribution is 6.06. The third-order valence-electron chi connectivity index (χ3n) is 4.92. The molecule has 0 saturated heterocycles. The zero-order chi connectivity index (χ0) is 20.5. The molecule has 1 aromatic carbocycles. The molecular formula is C22H29N5O. The number of fused-ring (bicyclic) bond motifs is 1. The fraction of sp³-hybridized carbons (Fsp3) is 0.409. The second-order valence-electron chi connectivity index (χ2n) is 8.37. The minimum Gasteiger partial charge on any atom is -0.341 e. The van der Waals surface area contributed by atoms with Crippen LogP contribution in [0.5, 0.6) is 0 Å². The molecule has 0 aliphatic carbocycles. The van der Waals surface area contributed by atoms with Crippen molar-refractivity contribution in [1.29, 1.82) is 0 Å². The first-order valence-electron chi connectivity index (χ1n) is 9.63. The Morgan fingerprint density at radius 1 is 1.25 bits per heavy atom. The maximum Gasteiger partial charge on any atom is 0.254 e. The summed E-state index contributed by atoms with van der Waals surface area (Å²) >= 11 is 0. The van der Waals surface area contributed by atoms with Gasteiger partial charge in [-0.25, -0.2) is 9.67 Å². The van der Waals surface area contributed by atoms with Crippen molar-refractivity contribution in [2.24, 2.45) is 11.1 Å². The zero-order valence-corrected chi connectivity index (χ0v) is 17.3. The first kappa shape index (κ1) is 20.0. The van der Waals surface area contributed by atoms with Crippen molar-refractivity contribution in [1.82, 2.24) is 19.7 Å². The minimum absolute atomic E-state index is 0.0468. The molecule has 0 aliphatic rings. The molecule has 3 aromatic rings. The van der Waals surface area contributed by atoms with Gasteiger partial charge in [0.25, 0.3) is 5.91 Å².